The Kier molecular flexibility index (Phi) is 4.95. The van der Waals surface area contributed by atoms with Crippen LogP contribution < -0.4 is 16.0 Å². The summed E-state index contributed by atoms with van der Waals surface area (Å²) in [6.45, 7) is 5.61. The number of halogens is 3. The summed E-state index contributed by atoms with van der Waals surface area (Å²) in [4.78, 5) is 19.3. The van der Waals surface area contributed by atoms with Crippen LogP contribution in [0.1, 0.15) is 31.9 Å². The fourth-order valence-electron chi connectivity index (χ4n) is 2.58. The van der Waals surface area contributed by atoms with Gasteiger partial charge in [-0.25, -0.2) is 4.98 Å². The van der Waals surface area contributed by atoms with Crippen molar-refractivity contribution in [1.29, 1.82) is 0 Å². The minimum Gasteiger partial charge on any atom is -0.367 e. The number of hydrogen-bond acceptors (Lipinski definition) is 5. The summed E-state index contributed by atoms with van der Waals surface area (Å²) in [5.41, 5.74) is 1.22. The van der Waals surface area contributed by atoms with E-state index in [9.17, 15) is 18.0 Å². The highest BCUT2D eigenvalue weighted by Crippen LogP contribution is 2.35. The molecule has 144 valence electrons. The summed E-state index contributed by atoms with van der Waals surface area (Å²) in [5, 5.41) is 8.45. The zero-order valence-corrected chi connectivity index (χ0v) is 15.1. The number of amides is 1. The molecule has 6 nitrogen and oxygen atoms in total. The second-order valence-corrected chi connectivity index (χ2v) is 6.85. The van der Waals surface area contributed by atoms with Gasteiger partial charge in [-0.05, 0) is 36.6 Å². The molecule has 3 rings (SSSR count). The van der Waals surface area contributed by atoms with E-state index in [4.69, 9.17) is 0 Å². The molecule has 0 saturated heterocycles. The molecular formula is C18H20F3N5O. The van der Waals surface area contributed by atoms with E-state index in [2.05, 4.69) is 25.9 Å². The van der Waals surface area contributed by atoms with Crippen LogP contribution in [0.25, 0.3) is 0 Å². The van der Waals surface area contributed by atoms with Crippen molar-refractivity contribution in [2.75, 3.05) is 16.0 Å². The third kappa shape index (κ3) is 4.29. The molecular weight excluding hydrogens is 359 g/mol. The number of anilines is 4. The molecule has 1 amide bonds. The van der Waals surface area contributed by atoms with Crippen molar-refractivity contribution in [2.45, 2.75) is 39.4 Å². The molecule has 0 spiro atoms. The molecule has 1 aliphatic heterocycles. The van der Waals surface area contributed by atoms with E-state index >= 15 is 0 Å². The van der Waals surface area contributed by atoms with Crippen LogP contribution >= 0.6 is 0 Å². The monoisotopic (exact) mass is 379 g/mol. The lowest BCUT2D eigenvalue weighted by Crippen LogP contribution is -2.25. The third-order valence-corrected chi connectivity index (χ3v) is 4.45. The van der Waals surface area contributed by atoms with Gasteiger partial charge in [-0.3, -0.25) is 4.79 Å². The molecule has 0 radical (unpaired) electrons. The van der Waals surface area contributed by atoms with Crippen LogP contribution in [0, 0.1) is 5.92 Å². The maximum atomic E-state index is 13.3. The van der Waals surface area contributed by atoms with Gasteiger partial charge in [-0.1, -0.05) is 13.8 Å². The van der Waals surface area contributed by atoms with E-state index in [-0.39, 0.29) is 36.1 Å². The van der Waals surface area contributed by atoms with Crippen LogP contribution in [0.5, 0.6) is 0 Å². The zero-order valence-electron chi connectivity index (χ0n) is 15.1. The van der Waals surface area contributed by atoms with Crippen molar-refractivity contribution in [1.82, 2.24) is 9.97 Å². The minimum atomic E-state index is -4.56. The molecule has 1 aromatic carbocycles. The maximum Gasteiger partial charge on any atom is 0.421 e. The summed E-state index contributed by atoms with van der Waals surface area (Å²) >= 11 is 0. The topological polar surface area (TPSA) is 78.9 Å². The number of alkyl halides is 3. The van der Waals surface area contributed by atoms with Crippen LogP contribution in [0.2, 0.25) is 0 Å². The Morgan fingerprint density at radius 1 is 1.22 bits per heavy atom. The Morgan fingerprint density at radius 2 is 1.96 bits per heavy atom. The first-order valence-corrected chi connectivity index (χ1v) is 8.54. The van der Waals surface area contributed by atoms with Gasteiger partial charge in [-0.15, -0.1) is 0 Å². The Hall–Kier alpha value is -2.84. The lowest BCUT2D eigenvalue weighted by Gasteiger charge is -2.21. The molecule has 2 aromatic rings. The van der Waals surface area contributed by atoms with Crippen molar-refractivity contribution in [3.8, 4) is 0 Å². The first-order chi connectivity index (χ1) is 12.6. The normalized spacial score (nSPS) is 14.7. The van der Waals surface area contributed by atoms with Gasteiger partial charge in [0.2, 0.25) is 11.9 Å². The summed E-state index contributed by atoms with van der Waals surface area (Å²) in [7, 11) is 0. The van der Waals surface area contributed by atoms with Crippen molar-refractivity contribution < 1.29 is 18.0 Å². The van der Waals surface area contributed by atoms with Crippen molar-refractivity contribution >= 4 is 29.0 Å². The van der Waals surface area contributed by atoms with Crippen LogP contribution in [0.3, 0.4) is 0 Å². The Labute approximate surface area is 154 Å². The van der Waals surface area contributed by atoms with Crippen molar-refractivity contribution in [2.24, 2.45) is 5.92 Å². The van der Waals surface area contributed by atoms with Gasteiger partial charge in [0.25, 0.3) is 0 Å². The van der Waals surface area contributed by atoms with E-state index in [0.717, 1.165) is 17.4 Å². The van der Waals surface area contributed by atoms with E-state index in [1.54, 1.807) is 25.1 Å². The Bertz CT molecular complexity index is 867. The molecule has 1 atom stereocenters. The summed E-state index contributed by atoms with van der Waals surface area (Å²) in [6.07, 6.45) is -3.53. The first-order valence-electron chi connectivity index (χ1n) is 8.54. The number of carbonyl (C=O) groups is 1. The average Bonchev–Trinajstić information content (AvgIpc) is 2.93. The second-order valence-electron chi connectivity index (χ2n) is 6.85. The van der Waals surface area contributed by atoms with Gasteiger partial charge >= 0.3 is 6.18 Å². The van der Waals surface area contributed by atoms with Gasteiger partial charge in [0.15, 0.2) is 0 Å². The Balaban J connectivity index is 1.88. The SMILES string of the molecule is CC(C)C(C)Nc1nc(Nc2ccc3c(c2)CC(=O)N3)ncc1C(F)(F)F. The van der Waals surface area contributed by atoms with Gasteiger partial charge in [0.1, 0.15) is 11.4 Å². The number of rotatable bonds is 5. The van der Waals surface area contributed by atoms with Crippen LogP contribution in [-0.4, -0.2) is 21.9 Å². The standard InChI is InChI=1S/C18H20F3N5O/c1-9(2)10(3)23-16-13(18(19,20)21)8-22-17(26-16)24-12-4-5-14-11(6-12)7-15(27)25-14/h4-6,8-10H,7H2,1-3H3,(H,25,27)(H2,22,23,24,26). The fourth-order valence-corrected chi connectivity index (χ4v) is 2.58. The zero-order chi connectivity index (χ0) is 19.8. The molecule has 1 unspecified atom stereocenters. The van der Waals surface area contributed by atoms with Crippen LogP contribution in [0.4, 0.5) is 36.3 Å². The molecule has 1 aliphatic rings. The first kappa shape index (κ1) is 18.9. The highest BCUT2D eigenvalue weighted by molar-refractivity contribution is 5.99. The number of benzene rings is 1. The van der Waals surface area contributed by atoms with Gasteiger partial charge < -0.3 is 16.0 Å². The summed E-state index contributed by atoms with van der Waals surface area (Å²) in [6, 6.07) is 4.98. The summed E-state index contributed by atoms with van der Waals surface area (Å²) in [5.74, 6) is -0.195. The molecule has 1 aromatic heterocycles. The second kappa shape index (κ2) is 7.05. The number of fused-ring (bicyclic) bond motifs is 1. The predicted octanol–water partition coefficient (Wildman–Crippen LogP) is 4.19. The van der Waals surface area contributed by atoms with Crippen LogP contribution in [-0.2, 0) is 17.4 Å². The number of carbonyl (C=O) groups excluding carboxylic acids is 1. The number of aromatic nitrogens is 2. The highest BCUT2D eigenvalue weighted by atomic mass is 19.4. The highest BCUT2D eigenvalue weighted by Gasteiger charge is 2.35. The minimum absolute atomic E-state index is 0.0405. The quantitative estimate of drug-likeness (QED) is 0.726. The molecule has 2 heterocycles. The number of nitrogens with zero attached hydrogens (tertiary/aromatic N) is 2. The Morgan fingerprint density at radius 3 is 2.63 bits per heavy atom. The van der Waals surface area contributed by atoms with Gasteiger partial charge in [0, 0.05) is 23.6 Å². The molecule has 0 bridgehead atoms. The molecule has 0 saturated carbocycles. The lowest BCUT2D eigenvalue weighted by molar-refractivity contribution is -0.137. The molecule has 0 aliphatic carbocycles. The predicted molar refractivity (Wildman–Crippen MR) is 97.0 cm³/mol. The maximum absolute atomic E-state index is 13.3. The smallest absolute Gasteiger partial charge is 0.367 e. The summed E-state index contributed by atoms with van der Waals surface area (Å²) < 4.78 is 39.8. The van der Waals surface area contributed by atoms with Crippen LogP contribution in [0.15, 0.2) is 24.4 Å². The van der Waals surface area contributed by atoms with Gasteiger partial charge in [-0.2, -0.15) is 18.2 Å². The molecule has 0 fully saturated rings. The third-order valence-electron chi connectivity index (χ3n) is 4.45. The fraction of sp³-hybridized carbons (Fsp3) is 0.389. The largest absolute Gasteiger partial charge is 0.421 e. The van der Waals surface area contributed by atoms with Crippen molar-refractivity contribution in [3.05, 3.63) is 35.5 Å². The van der Waals surface area contributed by atoms with E-state index < -0.39 is 11.7 Å². The number of hydrogen-bond donors (Lipinski definition) is 3. The average molecular weight is 379 g/mol. The molecule has 3 N–H and O–H groups in total. The van der Waals surface area contributed by atoms with Gasteiger partial charge in [0.05, 0.1) is 6.42 Å². The van der Waals surface area contributed by atoms with E-state index in [1.165, 1.54) is 0 Å². The molecule has 27 heavy (non-hydrogen) atoms. The lowest BCUT2D eigenvalue weighted by atomic mass is 10.1. The number of nitrogens with one attached hydrogen (secondary N) is 3. The van der Waals surface area contributed by atoms with Crippen molar-refractivity contribution in [3.63, 3.8) is 0 Å². The molecule has 9 heteroatoms. The van der Waals surface area contributed by atoms with E-state index in [1.807, 2.05) is 13.8 Å². The van der Waals surface area contributed by atoms with E-state index in [0.29, 0.717) is 5.69 Å².